The van der Waals surface area contributed by atoms with E-state index in [2.05, 4.69) is 75.6 Å². The van der Waals surface area contributed by atoms with Gasteiger partial charge in [0.25, 0.3) is 0 Å². The fraction of sp³-hybridized carbons (Fsp3) is 0.854. The summed E-state index contributed by atoms with van der Waals surface area (Å²) in [6, 6.07) is 11.6. The maximum Gasteiger partial charge on any atom is 0.0720 e. The highest BCUT2D eigenvalue weighted by Crippen LogP contribution is 2.68. The van der Waals surface area contributed by atoms with Gasteiger partial charge < -0.3 is 26.2 Å². The first-order chi connectivity index (χ1) is 22.2. The number of benzene rings is 1. The summed E-state index contributed by atoms with van der Waals surface area (Å²) in [4.78, 5) is 0. The molecule has 5 heteroatoms. The molecule has 262 valence electrons. The Bertz CT molecular complexity index is 1040. The van der Waals surface area contributed by atoms with E-state index < -0.39 is 0 Å². The molecule has 1 unspecified atom stereocenters. The summed E-state index contributed by atoms with van der Waals surface area (Å²) in [5.74, 6) is 4.77. The number of aliphatic hydroxyl groups excluding tert-OH is 1. The Morgan fingerprint density at radius 1 is 0.870 bits per heavy atom. The molecule has 0 aliphatic heterocycles. The summed E-state index contributed by atoms with van der Waals surface area (Å²) < 4.78 is 7.11. The standard InChI is InChI=1S/C41H71N3O2/c1-29(2)37(45)17-14-30(3)34-15-16-35-39-36(19-21-41(34,35)5)40(4)20-18-33(44-25-11-24-43-23-10-9-22-42)26-32(40)27-38(39)46-28-31-12-7-6-8-13-31/h6-8,12-13,29-30,32-39,43-45H,9-11,14-28,42H2,1-5H3/t30-,32-,33-,34-,35+,36+,37?,38-,39+,40+,41-/m1/s1. The van der Waals surface area contributed by atoms with Gasteiger partial charge in [0.05, 0.1) is 18.8 Å². The minimum Gasteiger partial charge on any atom is -0.393 e. The van der Waals surface area contributed by atoms with Gasteiger partial charge in [-0.3, -0.25) is 0 Å². The van der Waals surface area contributed by atoms with E-state index in [4.69, 9.17) is 10.5 Å². The number of nitrogens with one attached hydrogen (secondary N) is 2. The second-order valence-corrected chi connectivity index (χ2v) is 17.2. The van der Waals surface area contributed by atoms with Crippen LogP contribution >= 0.6 is 0 Å². The van der Waals surface area contributed by atoms with E-state index in [0.717, 1.165) is 75.7 Å². The molecule has 0 radical (unpaired) electrons. The van der Waals surface area contributed by atoms with Crippen molar-refractivity contribution >= 4 is 0 Å². The van der Waals surface area contributed by atoms with E-state index in [-0.39, 0.29) is 6.10 Å². The van der Waals surface area contributed by atoms with Gasteiger partial charge in [0.2, 0.25) is 0 Å². The predicted octanol–water partition coefficient (Wildman–Crippen LogP) is 7.95. The van der Waals surface area contributed by atoms with Crippen LogP contribution in [0.3, 0.4) is 0 Å². The molecular formula is C41H71N3O2. The summed E-state index contributed by atoms with van der Waals surface area (Å²) in [5.41, 5.74) is 7.79. The number of hydrogen-bond donors (Lipinski definition) is 4. The zero-order chi connectivity index (χ0) is 32.7. The molecule has 11 atom stereocenters. The van der Waals surface area contributed by atoms with Crippen molar-refractivity contribution < 1.29 is 9.84 Å². The minimum atomic E-state index is -0.165. The van der Waals surface area contributed by atoms with Crippen LogP contribution in [0.25, 0.3) is 0 Å². The Labute approximate surface area is 283 Å². The first-order valence-electron chi connectivity index (χ1n) is 19.6. The van der Waals surface area contributed by atoms with Gasteiger partial charge in [-0.15, -0.1) is 0 Å². The molecule has 5 nitrogen and oxygen atoms in total. The summed E-state index contributed by atoms with van der Waals surface area (Å²) in [5, 5.41) is 18.2. The molecule has 0 bridgehead atoms. The van der Waals surface area contributed by atoms with Crippen molar-refractivity contribution in [2.24, 2.45) is 58.0 Å². The maximum atomic E-state index is 10.6. The Hall–Kier alpha value is -0.980. The lowest BCUT2D eigenvalue weighted by Gasteiger charge is -2.63. The quantitative estimate of drug-likeness (QED) is 0.130. The molecule has 0 amide bonds. The highest BCUT2D eigenvalue weighted by Gasteiger charge is 2.63. The number of unbranched alkanes of at least 4 members (excludes halogenated alkanes) is 1. The summed E-state index contributed by atoms with van der Waals surface area (Å²) in [6.45, 7) is 17.1. The van der Waals surface area contributed by atoms with E-state index in [1.54, 1.807) is 0 Å². The molecule has 1 aromatic carbocycles. The monoisotopic (exact) mass is 638 g/mol. The van der Waals surface area contributed by atoms with Crippen LogP contribution < -0.4 is 16.4 Å². The zero-order valence-corrected chi connectivity index (χ0v) is 30.3. The summed E-state index contributed by atoms with van der Waals surface area (Å²) in [6.07, 6.45) is 16.6. The van der Waals surface area contributed by atoms with Crippen molar-refractivity contribution in [2.75, 3.05) is 26.2 Å². The molecular weight excluding hydrogens is 566 g/mol. The van der Waals surface area contributed by atoms with Gasteiger partial charge in [0.1, 0.15) is 0 Å². The van der Waals surface area contributed by atoms with E-state index in [1.807, 2.05) is 0 Å². The van der Waals surface area contributed by atoms with E-state index in [0.29, 0.717) is 40.7 Å². The van der Waals surface area contributed by atoms with Crippen molar-refractivity contribution in [1.29, 1.82) is 0 Å². The lowest BCUT2D eigenvalue weighted by atomic mass is 9.43. The van der Waals surface area contributed by atoms with Crippen LogP contribution in [0.1, 0.15) is 124 Å². The summed E-state index contributed by atoms with van der Waals surface area (Å²) >= 11 is 0. The molecule has 0 spiro atoms. The number of hydrogen-bond acceptors (Lipinski definition) is 5. The van der Waals surface area contributed by atoms with Gasteiger partial charge in [-0.05, 0) is 167 Å². The van der Waals surface area contributed by atoms with Gasteiger partial charge in [0.15, 0.2) is 0 Å². The van der Waals surface area contributed by atoms with E-state index >= 15 is 0 Å². The molecule has 4 fully saturated rings. The van der Waals surface area contributed by atoms with Crippen LogP contribution in [0.5, 0.6) is 0 Å². The van der Waals surface area contributed by atoms with Crippen LogP contribution in [-0.4, -0.2) is 49.5 Å². The average molecular weight is 638 g/mol. The third-order valence-corrected chi connectivity index (χ3v) is 14.2. The van der Waals surface area contributed by atoms with Crippen molar-refractivity contribution in [3.05, 3.63) is 35.9 Å². The van der Waals surface area contributed by atoms with Gasteiger partial charge in [-0.25, -0.2) is 0 Å². The fourth-order valence-electron chi connectivity index (χ4n) is 11.3. The Morgan fingerprint density at radius 2 is 1.61 bits per heavy atom. The third-order valence-electron chi connectivity index (χ3n) is 14.2. The second-order valence-electron chi connectivity index (χ2n) is 17.2. The van der Waals surface area contributed by atoms with Crippen LogP contribution in [0.4, 0.5) is 0 Å². The van der Waals surface area contributed by atoms with Crippen molar-refractivity contribution in [1.82, 2.24) is 10.6 Å². The molecule has 5 rings (SSSR count). The largest absolute Gasteiger partial charge is 0.393 e. The normalized spacial score (nSPS) is 37.0. The van der Waals surface area contributed by atoms with Gasteiger partial charge in [-0.1, -0.05) is 65.0 Å². The van der Waals surface area contributed by atoms with Gasteiger partial charge >= 0.3 is 0 Å². The van der Waals surface area contributed by atoms with Gasteiger partial charge in [0, 0.05) is 6.04 Å². The lowest BCUT2D eigenvalue weighted by Crippen LogP contribution is -2.60. The Morgan fingerprint density at radius 3 is 2.37 bits per heavy atom. The zero-order valence-electron chi connectivity index (χ0n) is 30.3. The molecule has 46 heavy (non-hydrogen) atoms. The Balaban J connectivity index is 1.26. The average Bonchev–Trinajstić information content (AvgIpc) is 3.41. The second kappa shape index (κ2) is 16.6. The lowest BCUT2D eigenvalue weighted by molar-refractivity contribution is -0.185. The number of rotatable bonds is 17. The smallest absolute Gasteiger partial charge is 0.0720 e. The number of aliphatic hydroxyl groups is 1. The minimum absolute atomic E-state index is 0.165. The number of fused-ring (bicyclic) bond motifs is 5. The predicted molar refractivity (Wildman–Crippen MR) is 192 cm³/mol. The highest BCUT2D eigenvalue weighted by atomic mass is 16.5. The summed E-state index contributed by atoms with van der Waals surface area (Å²) in [7, 11) is 0. The maximum absolute atomic E-state index is 10.6. The van der Waals surface area contributed by atoms with E-state index in [1.165, 1.54) is 69.8 Å². The highest BCUT2D eigenvalue weighted by molar-refractivity contribution is 5.15. The van der Waals surface area contributed by atoms with Crippen LogP contribution in [-0.2, 0) is 11.3 Å². The molecule has 0 heterocycles. The SMILES string of the molecule is CC(C)C(O)CC[C@@H](C)[C@H]1CC[C@H]2[C@@H]3[C@H](OCc4ccccc4)C[C@H]4C[C@H](NCCCNCCCCN)CC[C@]4(C)[C@H]3CC[C@]12C. The Kier molecular flexibility index (Phi) is 13.1. The molecule has 4 saturated carbocycles. The molecule has 1 aromatic rings. The fourth-order valence-corrected chi connectivity index (χ4v) is 11.3. The van der Waals surface area contributed by atoms with Crippen LogP contribution in [0, 0.1) is 52.3 Å². The topological polar surface area (TPSA) is 79.5 Å². The van der Waals surface area contributed by atoms with Crippen molar-refractivity contribution in [2.45, 2.75) is 143 Å². The molecule has 0 aromatic heterocycles. The van der Waals surface area contributed by atoms with Crippen LogP contribution in [0.15, 0.2) is 30.3 Å². The number of nitrogens with two attached hydrogens (primary N) is 1. The first kappa shape index (κ1) is 36.3. The van der Waals surface area contributed by atoms with Crippen molar-refractivity contribution in [3.63, 3.8) is 0 Å². The molecule has 5 N–H and O–H groups in total. The van der Waals surface area contributed by atoms with Crippen LogP contribution in [0.2, 0.25) is 0 Å². The third kappa shape index (κ3) is 8.24. The molecule has 4 aliphatic rings. The number of ether oxygens (including phenoxy) is 1. The first-order valence-corrected chi connectivity index (χ1v) is 19.6. The van der Waals surface area contributed by atoms with Gasteiger partial charge in [-0.2, -0.15) is 0 Å². The van der Waals surface area contributed by atoms with Crippen molar-refractivity contribution in [3.8, 4) is 0 Å². The molecule has 4 aliphatic carbocycles. The van der Waals surface area contributed by atoms with E-state index in [9.17, 15) is 5.11 Å². The molecule has 0 saturated heterocycles.